The van der Waals surface area contributed by atoms with Crippen LogP contribution in [0.2, 0.25) is 0 Å². The van der Waals surface area contributed by atoms with Crippen LogP contribution in [0, 0.1) is 0 Å². The SMILES string of the molecule is CCCC1(C(=O)O)CCCN1C(=O)C(F)(F)CNC(=O)OCC1c2ccccc2-c2ccccc21. The standard InChI is InChI=1S/C26H28F2N2O5/c1-2-12-25(23(32)33)13-7-14-30(25)22(31)26(27,28)16-29-24(34)35-15-21-19-10-5-3-8-17(19)18-9-4-6-11-20(18)21/h3-6,8-11,21H,2,7,12-16H2,1H3,(H,29,34)(H,32,33). The Morgan fingerprint density at radius 1 is 1.11 bits per heavy atom. The molecule has 1 fully saturated rings. The number of amides is 2. The van der Waals surface area contributed by atoms with Crippen molar-refractivity contribution in [3.63, 3.8) is 0 Å². The number of halogens is 2. The Hall–Kier alpha value is -3.49. The first kappa shape index (κ1) is 24.6. The van der Waals surface area contributed by atoms with Crippen LogP contribution in [0.5, 0.6) is 0 Å². The van der Waals surface area contributed by atoms with Crippen LogP contribution >= 0.6 is 0 Å². The lowest BCUT2D eigenvalue weighted by molar-refractivity contribution is -0.170. The van der Waals surface area contributed by atoms with Crippen molar-refractivity contribution in [2.45, 2.75) is 50.0 Å². The molecule has 1 saturated heterocycles. The number of aliphatic carboxylic acids is 1. The molecule has 2 amide bonds. The van der Waals surface area contributed by atoms with E-state index in [4.69, 9.17) is 4.74 Å². The van der Waals surface area contributed by atoms with Gasteiger partial charge in [-0.05, 0) is 41.5 Å². The van der Waals surface area contributed by atoms with Crippen molar-refractivity contribution in [1.82, 2.24) is 10.2 Å². The van der Waals surface area contributed by atoms with E-state index < -0.39 is 36.0 Å². The highest BCUT2D eigenvalue weighted by atomic mass is 19.3. The molecule has 1 aliphatic heterocycles. The highest BCUT2D eigenvalue weighted by Gasteiger charge is 2.55. The van der Waals surface area contributed by atoms with E-state index in [-0.39, 0.29) is 31.9 Å². The first-order valence-corrected chi connectivity index (χ1v) is 11.7. The molecule has 0 aromatic heterocycles. The minimum atomic E-state index is -3.97. The van der Waals surface area contributed by atoms with Crippen LogP contribution in [0.3, 0.4) is 0 Å². The van der Waals surface area contributed by atoms with Gasteiger partial charge in [0, 0.05) is 12.5 Å². The zero-order chi connectivity index (χ0) is 25.2. The Bertz CT molecular complexity index is 1090. The number of nitrogens with zero attached hydrogens (tertiary/aromatic N) is 1. The van der Waals surface area contributed by atoms with Gasteiger partial charge in [0.2, 0.25) is 0 Å². The molecule has 2 aromatic carbocycles. The van der Waals surface area contributed by atoms with E-state index in [9.17, 15) is 28.3 Å². The summed E-state index contributed by atoms with van der Waals surface area (Å²) in [4.78, 5) is 37.5. The molecule has 7 nitrogen and oxygen atoms in total. The van der Waals surface area contributed by atoms with E-state index in [0.29, 0.717) is 12.8 Å². The number of ether oxygens (including phenoxy) is 1. The second kappa shape index (κ2) is 9.64. The average Bonchev–Trinajstić information content (AvgIpc) is 3.41. The van der Waals surface area contributed by atoms with E-state index in [1.165, 1.54) is 0 Å². The summed E-state index contributed by atoms with van der Waals surface area (Å²) < 4.78 is 34.8. The summed E-state index contributed by atoms with van der Waals surface area (Å²) in [6, 6.07) is 15.5. The number of rotatable bonds is 8. The van der Waals surface area contributed by atoms with Gasteiger partial charge in [0.1, 0.15) is 12.1 Å². The molecule has 186 valence electrons. The van der Waals surface area contributed by atoms with Crippen LogP contribution in [0.15, 0.2) is 48.5 Å². The zero-order valence-corrected chi connectivity index (χ0v) is 19.4. The van der Waals surface area contributed by atoms with Gasteiger partial charge in [0.25, 0.3) is 5.91 Å². The molecule has 0 saturated carbocycles. The molecule has 2 aliphatic rings. The maximum Gasteiger partial charge on any atom is 0.407 e. The summed E-state index contributed by atoms with van der Waals surface area (Å²) in [6.45, 7) is 0.346. The van der Waals surface area contributed by atoms with E-state index in [2.05, 4.69) is 0 Å². The van der Waals surface area contributed by atoms with Gasteiger partial charge in [-0.15, -0.1) is 0 Å². The molecular weight excluding hydrogens is 458 g/mol. The number of fused-ring (bicyclic) bond motifs is 3. The van der Waals surface area contributed by atoms with Crippen molar-refractivity contribution in [2.75, 3.05) is 19.7 Å². The second-order valence-corrected chi connectivity index (χ2v) is 9.03. The Labute approximate surface area is 202 Å². The van der Waals surface area contributed by atoms with Crippen LogP contribution in [-0.4, -0.2) is 59.1 Å². The molecule has 1 heterocycles. The molecule has 9 heteroatoms. The maximum atomic E-state index is 14.8. The fraction of sp³-hybridized carbons (Fsp3) is 0.423. The fourth-order valence-electron chi connectivity index (χ4n) is 5.28. The molecule has 0 spiro atoms. The number of alkyl carbamates (subject to hydrolysis) is 1. The van der Waals surface area contributed by atoms with Gasteiger partial charge in [0.15, 0.2) is 0 Å². The third-order valence-corrected chi connectivity index (χ3v) is 6.91. The van der Waals surface area contributed by atoms with Crippen LogP contribution in [0.1, 0.15) is 49.7 Å². The smallest absolute Gasteiger partial charge is 0.407 e. The van der Waals surface area contributed by atoms with Crippen molar-refractivity contribution < 1.29 is 33.0 Å². The number of hydrogen-bond acceptors (Lipinski definition) is 4. The number of carboxylic acid groups (broad SMARTS) is 1. The van der Waals surface area contributed by atoms with E-state index in [0.717, 1.165) is 27.2 Å². The second-order valence-electron chi connectivity index (χ2n) is 9.03. The molecule has 1 atom stereocenters. The largest absolute Gasteiger partial charge is 0.479 e. The molecule has 2 aromatic rings. The number of nitrogens with one attached hydrogen (secondary N) is 1. The molecule has 1 aliphatic carbocycles. The first-order chi connectivity index (χ1) is 16.7. The Morgan fingerprint density at radius 2 is 1.71 bits per heavy atom. The van der Waals surface area contributed by atoms with Crippen molar-refractivity contribution in [2.24, 2.45) is 0 Å². The number of likely N-dealkylation sites (tertiary alicyclic amines) is 1. The van der Waals surface area contributed by atoms with Gasteiger partial charge < -0.3 is 20.1 Å². The lowest BCUT2D eigenvalue weighted by atomic mass is 9.90. The minimum absolute atomic E-state index is 0.0515. The van der Waals surface area contributed by atoms with E-state index in [1.807, 2.05) is 53.8 Å². The molecule has 1 unspecified atom stereocenters. The third-order valence-electron chi connectivity index (χ3n) is 6.91. The van der Waals surface area contributed by atoms with Gasteiger partial charge in [-0.25, -0.2) is 9.59 Å². The maximum absolute atomic E-state index is 14.8. The number of carboxylic acids is 1. The van der Waals surface area contributed by atoms with Crippen molar-refractivity contribution in [1.29, 1.82) is 0 Å². The van der Waals surface area contributed by atoms with Gasteiger partial charge in [0.05, 0.1) is 6.54 Å². The van der Waals surface area contributed by atoms with Crippen LogP contribution < -0.4 is 5.32 Å². The monoisotopic (exact) mass is 486 g/mol. The molecule has 35 heavy (non-hydrogen) atoms. The van der Waals surface area contributed by atoms with Gasteiger partial charge in [-0.3, -0.25) is 4.79 Å². The van der Waals surface area contributed by atoms with Crippen molar-refractivity contribution in [3.05, 3.63) is 59.7 Å². The van der Waals surface area contributed by atoms with Gasteiger partial charge >= 0.3 is 18.0 Å². The number of alkyl halides is 2. The predicted octanol–water partition coefficient (Wildman–Crippen LogP) is 4.41. The summed E-state index contributed by atoms with van der Waals surface area (Å²) >= 11 is 0. The van der Waals surface area contributed by atoms with Crippen LogP contribution in [0.25, 0.3) is 11.1 Å². The first-order valence-electron chi connectivity index (χ1n) is 11.7. The predicted molar refractivity (Wildman–Crippen MR) is 124 cm³/mol. The fourth-order valence-corrected chi connectivity index (χ4v) is 5.28. The number of benzene rings is 2. The van der Waals surface area contributed by atoms with E-state index >= 15 is 0 Å². The minimum Gasteiger partial charge on any atom is -0.479 e. The van der Waals surface area contributed by atoms with Gasteiger partial charge in [-0.2, -0.15) is 8.78 Å². The molecule has 0 radical (unpaired) electrons. The lowest BCUT2D eigenvalue weighted by Crippen LogP contribution is -2.59. The molecule has 2 N–H and O–H groups in total. The number of carbonyl (C=O) groups excluding carboxylic acids is 2. The summed E-state index contributed by atoms with van der Waals surface area (Å²) in [5.41, 5.74) is 2.40. The van der Waals surface area contributed by atoms with Crippen molar-refractivity contribution >= 4 is 18.0 Å². The number of carbonyl (C=O) groups is 3. The summed E-state index contributed by atoms with van der Waals surface area (Å²) in [5.74, 6) is -7.08. The highest BCUT2D eigenvalue weighted by Crippen LogP contribution is 2.44. The summed E-state index contributed by atoms with van der Waals surface area (Å²) in [5, 5.41) is 11.7. The van der Waals surface area contributed by atoms with Gasteiger partial charge in [-0.1, -0.05) is 61.9 Å². The summed E-state index contributed by atoms with van der Waals surface area (Å²) in [6.07, 6.45) is -0.103. The Morgan fingerprint density at radius 3 is 2.29 bits per heavy atom. The topological polar surface area (TPSA) is 95.9 Å². The number of hydrogen-bond donors (Lipinski definition) is 2. The van der Waals surface area contributed by atoms with E-state index in [1.54, 1.807) is 6.92 Å². The van der Waals surface area contributed by atoms with Crippen molar-refractivity contribution in [3.8, 4) is 11.1 Å². The molecular formula is C26H28F2N2O5. The van der Waals surface area contributed by atoms with Crippen LogP contribution in [0.4, 0.5) is 13.6 Å². The summed E-state index contributed by atoms with van der Waals surface area (Å²) in [7, 11) is 0. The Balaban J connectivity index is 1.38. The zero-order valence-electron chi connectivity index (χ0n) is 19.4. The highest BCUT2D eigenvalue weighted by molar-refractivity contribution is 5.91. The third kappa shape index (κ3) is 4.47. The quantitative estimate of drug-likeness (QED) is 0.577. The van der Waals surface area contributed by atoms with Crippen LogP contribution in [-0.2, 0) is 14.3 Å². The average molecular weight is 487 g/mol. The molecule has 4 rings (SSSR count). The normalized spacial score (nSPS) is 19.2. The molecule has 0 bridgehead atoms. The lowest BCUT2D eigenvalue weighted by Gasteiger charge is -2.36. The Kier molecular flexibility index (Phi) is 6.78.